The van der Waals surface area contributed by atoms with E-state index in [1.165, 1.54) is 0 Å². The SMILES string of the molecule is COC[C@@H](NC(=O)c1c(C)cc(C)[nH]c1=O)c1ccccn1. The maximum atomic E-state index is 12.4. The van der Waals surface area contributed by atoms with Gasteiger partial charge in [0.05, 0.1) is 18.3 Å². The zero-order valence-corrected chi connectivity index (χ0v) is 12.8. The molecule has 2 rings (SSSR count). The van der Waals surface area contributed by atoms with Gasteiger partial charge in [-0.25, -0.2) is 0 Å². The van der Waals surface area contributed by atoms with E-state index in [0.29, 0.717) is 11.3 Å². The second-order valence-electron chi connectivity index (χ2n) is 5.08. The number of rotatable bonds is 5. The lowest BCUT2D eigenvalue weighted by atomic mass is 10.1. The van der Waals surface area contributed by atoms with Gasteiger partial charge in [-0.3, -0.25) is 14.6 Å². The normalized spacial score (nSPS) is 12.0. The van der Waals surface area contributed by atoms with Crippen LogP contribution in [0.25, 0.3) is 0 Å². The first kappa shape index (κ1) is 15.9. The highest BCUT2D eigenvalue weighted by atomic mass is 16.5. The summed E-state index contributed by atoms with van der Waals surface area (Å²) >= 11 is 0. The van der Waals surface area contributed by atoms with Gasteiger partial charge in [0, 0.05) is 19.0 Å². The quantitative estimate of drug-likeness (QED) is 0.876. The van der Waals surface area contributed by atoms with E-state index in [1.54, 1.807) is 45.4 Å². The number of amides is 1. The molecule has 1 amide bonds. The summed E-state index contributed by atoms with van der Waals surface area (Å²) < 4.78 is 5.13. The van der Waals surface area contributed by atoms with Gasteiger partial charge in [-0.15, -0.1) is 0 Å². The molecule has 1 atom stereocenters. The van der Waals surface area contributed by atoms with E-state index in [9.17, 15) is 9.59 Å². The molecule has 0 unspecified atom stereocenters. The van der Waals surface area contributed by atoms with Crippen molar-refractivity contribution in [1.82, 2.24) is 15.3 Å². The fourth-order valence-corrected chi connectivity index (χ4v) is 2.32. The predicted molar refractivity (Wildman–Crippen MR) is 82.9 cm³/mol. The van der Waals surface area contributed by atoms with Crippen LogP contribution in [0.4, 0.5) is 0 Å². The van der Waals surface area contributed by atoms with Crippen molar-refractivity contribution in [2.24, 2.45) is 0 Å². The van der Waals surface area contributed by atoms with E-state index in [1.807, 2.05) is 6.07 Å². The lowest BCUT2D eigenvalue weighted by Gasteiger charge is -2.18. The Morgan fingerprint density at radius 2 is 2.18 bits per heavy atom. The number of aromatic nitrogens is 2. The fraction of sp³-hybridized carbons (Fsp3) is 0.312. The molecule has 2 N–H and O–H groups in total. The van der Waals surface area contributed by atoms with Crippen molar-refractivity contribution in [1.29, 1.82) is 0 Å². The number of carbonyl (C=O) groups is 1. The number of hydrogen-bond donors (Lipinski definition) is 2. The minimum atomic E-state index is -0.438. The number of aryl methyl sites for hydroxylation is 2. The van der Waals surface area contributed by atoms with Crippen molar-refractivity contribution in [3.8, 4) is 0 Å². The topological polar surface area (TPSA) is 84.1 Å². The number of nitrogens with one attached hydrogen (secondary N) is 2. The van der Waals surface area contributed by atoms with Crippen LogP contribution in [0.5, 0.6) is 0 Å². The van der Waals surface area contributed by atoms with Gasteiger partial charge in [0.15, 0.2) is 0 Å². The lowest BCUT2D eigenvalue weighted by molar-refractivity contribution is 0.0892. The van der Waals surface area contributed by atoms with Crippen LogP contribution in [0, 0.1) is 13.8 Å². The van der Waals surface area contributed by atoms with E-state index >= 15 is 0 Å². The molecular weight excluding hydrogens is 282 g/mol. The van der Waals surface area contributed by atoms with Crippen LogP contribution >= 0.6 is 0 Å². The summed E-state index contributed by atoms with van der Waals surface area (Å²) in [6.07, 6.45) is 1.65. The van der Waals surface area contributed by atoms with Gasteiger partial charge in [-0.1, -0.05) is 6.07 Å². The molecule has 0 aliphatic rings. The third-order valence-electron chi connectivity index (χ3n) is 3.28. The van der Waals surface area contributed by atoms with Crippen molar-refractivity contribution in [3.05, 3.63) is 63.3 Å². The molecule has 2 aromatic heterocycles. The molecule has 0 aromatic carbocycles. The molecule has 0 saturated carbocycles. The molecule has 2 aromatic rings. The Bertz CT molecular complexity index is 710. The molecule has 2 heterocycles. The minimum absolute atomic E-state index is 0.114. The van der Waals surface area contributed by atoms with Gasteiger partial charge in [0.2, 0.25) is 0 Å². The molecule has 116 valence electrons. The first-order valence-corrected chi connectivity index (χ1v) is 6.94. The fourth-order valence-electron chi connectivity index (χ4n) is 2.32. The molecule has 6 nitrogen and oxygen atoms in total. The third-order valence-corrected chi connectivity index (χ3v) is 3.28. The summed E-state index contributed by atoms with van der Waals surface area (Å²) in [5.41, 5.74) is 1.75. The van der Waals surface area contributed by atoms with E-state index in [0.717, 1.165) is 5.69 Å². The van der Waals surface area contributed by atoms with Crippen molar-refractivity contribution < 1.29 is 9.53 Å². The van der Waals surface area contributed by atoms with Crippen LogP contribution in [-0.2, 0) is 4.74 Å². The van der Waals surface area contributed by atoms with E-state index in [-0.39, 0.29) is 12.2 Å². The van der Waals surface area contributed by atoms with Crippen molar-refractivity contribution in [2.75, 3.05) is 13.7 Å². The summed E-state index contributed by atoms with van der Waals surface area (Å²) in [4.78, 5) is 31.3. The molecule has 0 radical (unpaired) electrons. The number of H-pyrrole nitrogens is 1. The summed E-state index contributed by atoms with van der Waals surface area (Å²) in [6, 6.07) is 6.78. The number of pyridine rings is 2. The maximum Gasteiger partial charge on any atom is 0.261 e. The Labute approximate surface area is 128 Å². The Morgan fingerprint density at radius 1 is 1.41 bits per heavy atom. The van der Waals surface area contributed by atoms with E-state index in [4.69, 9.17) is 4.74 Å². The van der Waals surface area contributed by atoms with Gasteiger partial charge in [0.1, 0.15) is 5.56 Å². The summed E-state index contributed by atoms with van der Waals surface area (Å²) in [5, 5.41) is 2.81. The van der Waals surface area contributed by atoms with Gasteiger partial charge in [0.25, 0.3) is 11.5 Å². The maximum absolute atomic E-state index is 12.4. The lowest BCUT2D eigenvalue weighted by Crippen LogP contribution is -2.36. The largest absolute Gasteiger partial charge is 0.382 e. The monoisotopic (exact) mass is 301 g/mol. The molecule has 0 saturated heterocycles. The van der Waals surface area contributed by atoms with Gasteiger partial charge in [-0.05, 0) is 37.6 Å². The number of aromatic amines is 1. The molecule has 6 heteroatoms. The Morgan fingerprint density at radius 3 is 2.77 bits per heavy atom. The summed E-state index contributed by atoms with van der Waals surface area (Å²) in [7, 11) is 1.55. The van der Waals surface area contributed by atoms with Gasteiger partial charge < -0.3 is 15.0 Å². The van der Waals surface area contributed by atoms with Crippen LogP contribution in [0.15, 0.2) is 35.3 Å². The molecular formula is C16H19N3O3. The van der Waals surface area contributed by atoms with Crippen LogP contribution in [-0.4, -0.2) is 29.6 Å². The standard InChI is InChI=1S/C16H19N3O3/c1-10-8-11(2)18-15(20)14(10)16(21)19-13(9-22-3)12-6-4-5-7-17-12/h4-8,13H,9H2,1-3H3,(H,18,20)(H,19,21)/t13-/m1/s1. The zero-order chi connectivity index (χ0) is 16.1. The van der Waals surface area contributed by atoms with Crippen LogP contribution in [0.2, 0.25) is 0 Å². The minimum Gasteiger partial charge on any atom is -0.382 e. The summed E-state index contributed by atoms with van der Waals surface area (Å²) in [5.74, 6) is -0.438. The average molecular weight is 301 g/mol. The van der Waals surface area contributed by atoms with Crippen molar-refractivity contribution in [2.45, 2.75) is 19.9 Å². The third kappa shape index (κ3) is 3.59. The van der Waals surface area contributed by atoms with E-state index in [2.05, 4.69) is 15.3 Å². The second-order valence-corrected chi connectivity index (χ2v) is 5.08. The van der Waals surface area contributed by atoms with Crippen LogP contribution < -0.4 is 10.9 Å². The van der Waals surface area contributed by atoms with E-state index < -0.39 is 17.5 Å². The second kappa shape index (κ2) is 7.00. The first-order valence-electron chi connectivity index (χ1n) is 6.94. The zero-order valence-electron chi connectivity index (χ0n) is 12.8. The molecule has 0 bridgehead atoms. The average Bonchev–Trinajstić information content (AvgIpc) is 2.46. The smallest absolute Gasteiger partial charge is 0.261 e. The van der Waals surface area contributed by atoms with Crippen LogP contribution in [0.3, 0.4) is 0 Å². The highest BCUT2D eigenvalue weighted by Crippen LogP contribution is 2.12. The molecule has 22 heavy (non-hydrogen) atoms. The Balaban J connectivity index is 2.28. The number of ether oxygens (including phenoxy) is 1. The Hall–Kier alpha value is -2.47. The Kier molecular flexibility index (Phi) is 5.06. The molecule has 0 spiro atoms. The molecule has 0 fully saturated rings. The number of hydrogen-bond acceptors (Lipinski definition) is 4. The molecule has 0 aliphatic carbocycles. The van der Waals surface area contributed by atoms with Crippen LogP contribution in [0.1, 0.15) is 33.4 Å². The van der Waals surface area contributed by atoms with Crippen molar-refractivity contribution in [3.63, 3.8) is 0 Å². The number of carbonyl (C=O) groups excluding carboxylic acids is 1. The molecule has 0 aliphatic heterocycles. The van der Waals surface area contributed by atoms with Gasteiger partial charge >= 0.3 is 0 Å². The summed E-state index contributed by atoms with van der Waals surface area (Å²) in [6.45, 7) is 3.78. The van der Waals surface area contributed by atoms with Crippen molar-refractivity contribution >= 4 is 5.91 Å². The predicted octanol–water partition coefficient (Wildman–Crippen LogP) is 1.50. The number of nitrogens with zero attached hydrogens (tertiary/aromatic N) is 1. The highest BCUT2D eigenvalue weighted by Gasteiger charge is 2.20. The van der Waals surface area contributed by atoms with Gasteiger partial charge in [-0.2, -0.15) is 0 Å². The first-order chi connectivity index (χ1) is 10.5. The number of methoxy groups -OCH3 is 1. The highest BCUT2D eigenvalue weighted by molar-refractivity contribution is 5.95.